The maximum absolute atomic E-state index is 10.8. The molecule has 0 amide bonds. The SMILES string of the molecule is O=C(O)c1ccc(CNc2ccccc2)c(Br)c1. The number of nitrogens with one attached hydrogen (secondary N) is 1. The van der Waals surface area contributed by atoms with Crippen LogP contribution in [0.5, 0.6) is 0 Å². The molecule has 0 spiro atoms. The van der Waals surface area contributed by atoms with E-state index in [0.29, 0.717) is 6.54 Å². The summed E-state index contributed by atoms with van der Waals surface area (Å²) < 4.78 is 0.797. The number of halogens is 1. The molecule has 0 aliphatic heterocycles. The van der Waals surface area contributed by atoms with Gasteiger partial charge in [-0.15, -0.1) is 0 Å². The monoisotopic (exact) mass is 305 g/mol. The molecule has 0 aliphatic rings. The second-order valence-corrected chi connectivity index (χ2v) is 4.69. The van der Waals surface area contributed by atoms with E-state index in [0.717, 1.165) is 15.7 Å². The summed E-state index contributed by atoms with van der Waals surface area (Å²) in [7, 11) is 0. The van der Waals surface area contributed by atoms with Gasteiger partial charge in [-0.1, -0.05) is 40.2 Å². The Balaban J connectivity index is 2.08. The van der Waals surface area contributed by atoms with Gasteiger partial charge in [-0.3, -0.25) is 0 Å². The second-order valence-electron chi connectivity index (χ2n) is 3.83. The largest absolute Gasteiger partial charge is 0.478 e. The van der Waals surface area contributed by atoms with Crippen LogP contribution in [0.3, 0.4) is 0 Å². The quantitative estimate of drug-likeness (QED) is 0.904. The Labute approximate surface area is 114 Å². The van der Waals surface area contributed by atoms with Crippen LogP contribution in [0, 0.1) is 0 Å². The maximum atomic E-state index is 10.8. The van der Waals surface area contributed by atoms with E-state index in [4.69, 9.17) is 5.11 Å². The topological polar surface area (TPSA) is 49.3 Å². The molecule has 0 unspecified atom stereocenters. The molecule has 0 fully saturated rings. The van der Waals surface area contributed by atoms with E-state index in [1.54, 1.807) is 12.1 Å². The number of aromatic carboxylic acids is 1. The van der Waals surface area contributed by atoms with Crippen LogP contribution in [0.1, 0.15) is 15.9 Å². The molecule has 3 nitrogen and oxygen atoms in total. The van der Waals surface area contributed by atoms with E-state index < -0.39 is 5.97 Å². The number of carboxylic acids is 1. The lowest BCUT2D eigenvalue weighted by Gasteiger charge is -2.08. The molecule has 4 heteroatoms. The van der Waals surface area contributed by atoms with Gasteiger partial charge in [-0.2, -0.15) is 0 Å². The van der Waals surface area contributed by atoms with Crippen LogP contribution < -0.4 is 5.32 Å². The number of rotatable bonds is 4. The fourth-order valence-corrected chi connectivity index (χ4v) is 2.10. The normalized spacial score (nSPS) is 10.1. The Morgan fingerprint density at radius 1 is 1.17 bits per heavy atom. The Hall–Kier alpha value is -1.81. The van der Waals surface area contributed by atoms with Gasteiger partial charge in [0.15, 0.2) is 0 Å². The van der Waals surface area contributed by atoms with Gasteiger partial charge in [0.25, 0.3) is 0 Å². The molecule has 0 aromatic heterocycles. The lowest BCUT2D eigenvalue weighted by atomic mass is 10.1. The molecule has 2 N–H and O–H groups in total. The molecule has 0 radical (unpaired) electrons. The van der Waals surface area contributed by atoms with Crippen molar-refractivity contribution < 1.29 is 9.90 Å². The number of carboxylic acid groups (broad SMARTS) is 1. The van der Waals surface area contributed by atoms with Crippen LogP contribution in [0.25, 0.3) is 0 Å². The Bertz CT molecular complexity index is 555. The molecule has 0 heterocycles. The molecule has 0 aliphatic carbocycles. The summed E-state index contributed by atoms with van der Waals surface area (Å²) in [5, 5.41) is 12.1. The highest BCUT2D eigenvalue weighted by molar-refractivity contribution is 9.10. The molecule has 2 aromatic rings. The lowest BCUT2D eigenvalue weighted by molar-refractivity contribution is 0.0697. The fraction of sp³-hybridized carbons (Fsp3) is 0.0714. The summed E-state index contributed by atoms with van der Waals surface area (Å²) in [6.45, 7) is 0.643. The third-order valence-electron chi connectivity index (χ3n) is 2.56. The predicted octanol–water partition coefficient (Wildman–Crippen LogP) is 3.76. The molecule has 0 atom stereocenters. The van der Waals surface area contributed by atoms with Gasteiger partial charge >= 0.3 is 5.97 Å². The van der Waals surface area contributed by atoms with E-state index in [2.05, 4.69) is 21.2 Å². The summed E-state index contributed by atoms with van der Waals surface area (Å²) >= 11 is 3.39. The van der Waals surface area contributed by atoms with E-state index in [9.17, 15) is 4.79 Å². The molecule has 2 rings (SSSR count). The molecule has 0 bridgehead atoms. The van der Waals surface area contributed by atoms with Gasteiger partial charge in [0, 0.05) is 16.7 Å². The summed E-state index contributed by atoms with van der Waals surface area (Å²) in [6, 6.07) is 14.9. The van der Waals surface area contributed by atoms with Crippen LogP contribution >= 0.6 is 15.9 Å². The molecular formula is C14H12BrNO2. The zero-order valence-electron chi connectivity index (χ0n) is 9.56. The van der Waals surface area contributed by atoms with E-state index >= 15 is 0 Å². The zero-order chi connectivity index (χ0) is 13.0. The first kappa shape index (κ1) is 12.6. The van der Waals surface area contributed by atoms with Gasteiger partial charge in [0.05, 0.1) is 5.56 Å². The molecule has 0 saturated heterocycles. The van der Waals surface area contributed by atoms with Crippen molar-refractivity contribution in [3.8, 4) is 0 Å². The van der Waals surface area contributed by atoms with Gasteiger partial charge in [0.1, 0.15) is 0 Å². The van der Waals surface area contributed by atoms with Crippen molar-refractivity contribution in [2.75, 3.05) is 5.32 Å². The van der Waals surface area contributed by atoms with Gasteiger partial charge < -0.3 is 10.4 Å². The van der Waals surface area contributed by atoms with Crippen molar-refractivity contribution in [3.05, 3.63) is 64.1 Å². The molecule has 2 aromatic carbocycles. The molecule has 18 heavy (non-hydrogen) atoms. The summed E-state index contributed by atoms with van der Waals surface area (Å²) in [6.07, 6.45) is 0. The fourth-order valence-electron chi connectivity index (χ4n) is 1.58. The minimum Gasteiger partial charge on any atom is -0.478 e. The number of benzene rings is 2. The number of hydrogen-bond donors (Lipinski definition) is 2. The van der Waals surface area contributed by atoms with Crippen LogP contribution in [-0.4, -0.2) is 11.1 Å². The first-order valence-corrected chi connectivity index (χ1v) is 6.27. The average Bonchev–Trinajstić information content (AvgIpc) is 2.38. The van der Waals surface area contributed by atoms with Gasteiger partial charge in [-0.25, -0.2) is 4.79 Å². The highest BCUT2D eigenvalue weighted by Gasteiger charge is 2.06. The summed E-state index contributed by atoms with van der Waals surface area (Å²) in [5.74, 6) is -0.918. The third-order valence-corrected chi connectivity index (χ3v) is 3.29. The van der Waals surface area contributed by atoms with Crippen molar-refractivity contribution in [3.63, 3.8) is 0 Å². The number of anilines is 1. The smallest absolute Gasteiger partial charge is 0.335 e. The van der Waals surface area contributed by atoms with E-state index in [1.165, 1.54) is 0 Å². The predicted molar refractivity (Wildman–Crippen MR) is 74.9 cm³/mol. The van der Waals surface area contributed by atoms with Crippen LogP contribution in [-0.2, 0) is 6.54 Å². The van der Waals surface area contributed by atoms with Crippen LogP contribution in [0.15, 0.2) is 53.0 Å². The Kier molecular flexibility index (Phi) is 3.99. The average molecular weight is 306 g/mol. The standard InChI is InChI=1S/C14H12BrNO2/c15-13-8-10(14(17)18)6-7-11(13)9-16-12-4-2-1-3-5-12/h1-8,16H,9H2,(H,17,18). The van der Waals surface area contributed by atoms with Crippen molar-refractivity contribution in [1.82, 2.24) is 0 Å². The minimum absolute atomic E-state index is 0.283. The first-order chi connectivity index (χ1) is 8.66. The van der Waals surface area contributed by atoms with E-state index in [1.807, 2.05) is 36.4 Å². The van der Waals surface area contributed by atoms with Gasteiger partial charge in [0.2, 0.25) is 0 Å². The number of carbonyl (C=O) groups is 1. The van der Waals surface area contributed by atoms with Crippen LogP contribution in [0.4, 0.5) is 5.69 Å². The van der Waals surface area contributed by atoms with E-state index in [-0.39, 0.29) is 5.56 Å². The summed E-state index contributed by atoms with van der Waals surface area (Å²) in [4.78, 5) is 10.8. The zero-order valence-corrected chi connectivity index (χ0v) is 11.1. The molecule has 0 saturated carbocycles. The highest BCUT2D eigenvalue weighted by atomic mass is 79.9. The first-order valence-electron chi connectivity index (χ1n) is 5.47. The maximum Gasteiger partial charge on any atom is 0.335 e. The van der Waals surface area contributed by atoms with Crippen molar-refractivity contribution in [1.29, 1.82) is 0 Å². The van der Waals surface area contributed by atoms with Crippen molar-refractivity contribution in [2.24, 2.45) is 0 Å². The number of hydrogen-bond acceptors (Lipinski definition) is 2. The van der Waals surface area contributed by atoms with Crippen LogP contribution in [0.2, 0.25) is 0 Å². The summed E-state index contributed by atoms with van der Waals surface area (Å²) in [5.41, 5.74) is 2.33. The Morgan fingerprint density at radius 2 is 1.89 bits per heavy atom. The Morgan fingerprint density at radius 3 is 2.50 bits per heavy atom. The number of para-hydroxylation sites is 1. The van der Waals surface area contributed by atoms with Crippen molar-refractivity contribution >= 4 is 27.6 Å². The molecule has 92 valence electrons. The van der Waals surface area contributed by atoms with Crippen molar-refractivity contribution in [2.45, 2.75) is 6.54 Å². The molecular weight excluding hydrogens is 294 g/mol. The highest BCUT2D eigenvalue weighted by Crippen LogP contribution is 2.20. The second kappa shape index (κ2) is 5.69. The lowest BCUT2D eigenvalue weighted by Crippen LogP contribution is -2.02. The minimum atomic E-state index is -0.918. The third kappa shape index (κ3) is 3.11. The van der Waals surface area contributed by atoms with Gasteiger partial charge in [-0.05, 0) is 29.8 Å².